The summed E-state index contributed by atoms with van der Waals surface area (Å²) in [5.74, 6) is 1.71. The van der Waals surface area contributed by atoms with Crippen LogP contribution in [0.2, 0.25) is 0 Å². The Morgan fingerprint density at radius 1 is 1.29 bits per heavy atom. The van der Waals surface area contributed by atoms with Crippen molar-refractivity contribution in [1.82, 2.24) is 24.6 Å². The number of rotatable bonds is 3. The van der Waals surface area contributed by atoms with Gasteiger partial charge in [0.15, 0.2) is 0 Å². The van der Waals surface area contributed by atoms with Crippen molar-refractivity contribution in [2.45, 2.75) is 18.9 Å². The molecule has 3 heterocycles. The molecule has 1 atom stereocenters. The topological polar surface area (TPSA) is 49.7 Å². The fourth-order valence-electron chi connectivity index (χ4n) is 3.26. The largest absolute Gasteiger partial charge is 0.330 e. The average molecular weight is 281 g/mol. The van der Waals surface area contributed by atoms with E-state index in [9.17, 15) is 0 Å². The van der Waals surface area contributed by atoms with Crippen molar-refractivity contribution in [3.8, 4) is 0 Å². The maximum absolute atomic E-state index is 4.76. The number of H-pyrrole nitrogens is 1. The van der Waals surface area contributed by atoms with Crippen molar-refractivity contribution in [2.24, 2.45) is 7.05 Å². The summed E-state index contributed by atoms with van der Waals surface area (Å²) in [6.07, 6.45) is 3.02. The van der Waals surface area contributed by atoms with Gasteiger partial charge in [-0.3, -0.25) is 10.00 Å². The molecule has 1 aliphatic rings. The summed E-state index contributed by atoms with van der Waals surface area (Å²) < 4.78 is 2.21. The Morgan fingerprint density at radius 3 is 3.00 bits per heavy atom. The monoisotopic (exact) mass is 281 g/mol. The van der Waals surface area contributed by atoms with Crippen LogP contribution in [0.15, 0.2) is 36.5 Å². The van der Waals surface area contributed by atoms with Crippen LogP contribution >= 0.6 is 0 Å². The molecule has 4 rings (SSSR count). The molecule has 1 N–H and O–H groups in total. The second-order valence-corrected chi connectivity index (χ2v) is 5.81. The first-order valence-electron chi connectivity index (χ1n) is 7.43. The lowest BCUT2D eigenvalue weighted by Crippen LogP contribution is -2.21. The molecule has 0 unspecified atom stereocenters. The van der Waals surface area contributed by atoms with Crippen LogP contribution in [0.25, 0.3) is 11.0 Å². The minimum atomic E-state index is 0.571. The fraction of sp³-hybridized carbons (Fsp3) is 0.375. The molecule has 0 saturated carbocycles. The van der Waals surface area contributed by atoms with Gasteiger partial charge >= 0.3 is 0 Å². The highest BCUT2D eigenvalue weighted by Gasteiger charge is 2.25. The zero-order chi connectivity index (χ0) is 14.2. The predicted molar refractivity (Wildman–Crippen MR) is 81.9 cm³/mol. The number of hydrogen-bond acceptors (Lipinski definition) is 3. The van der Waals surface area contributed by atoms with Gasteiger partial charge in [-0.2, -0.15) is 5.10 Å². The molecule has 2 aromatic heterocycles. The highest BCUT2D eigenvalue weighted by Crippen LogP contribution is 2.27. The minimum absolute atomic E-state index is 0.571. The molecule has 0 radical (unpaired) electrons. The van der Waals surface area contributed by atoms with Gasteiger partial charge in [0.05, 0.1) is 17.6 Å². The van der Waals surface area contributed by atoms with Crippen LogP contribution in [-0.2, 0) is 13.6 Å². The number of aromatic nitrogens is 4. The summed E-state index contributed by atoms with van der Waals surface area (Å²) in [5.41, 5.74) is 3.54. The lowest BCUT2D eigenvalue weighted by Gasteiger charge is -2.15. The van der Waals surface area contributed by atoms with Gasteiger partial charge in [0.1, 0.15) is 5.82 Å². The molecule has 5 heteroatoms. The maximum Gasteiger partial charge on any atom is 0.123 e. The zero-order valence-electron chi connectivity index (χ0n) is 12.2. The molecule has 21 heavy (non-hydrogen) atoms. The van der Waals surface area contributed by atoms with Gasteiger partial charge in [0, 0.05) is 31.4 Å². The van der Waals surface area contributed by atoms with Crippen molar-refractivity contribution in [2.75, 3.05) is 13.1 Å². The first-order valence-corrected chi connectivity index (χ1v) is 7.43. The molecule has 0 bridgehead atoms. The third-order valence-electron chi connectivity index (χ3n) is 4.48. The lowest BCUT2D eigenvalue weighted by molar-refractivity contribution is 0.314. The van der Waals surface area contributed by atoms with E-state index in [2.05, 4.69) is 51.0 Å². The Balaban J connectivity index is 1.52. The smallest absolute Gasteiger partial charge is 0.123 e. The number of likely N-dealkylation sites (tertiary alicyclic amines) is 1. The molecule has 3 aromatic rings. The second-order valence-electron chi connectivity index (χ2n) is 5.81. The summed E-state index contributed by atoms with van der Waals surface area (Å²) >= 11 is 0. The third kappa shape index (κ3) is 2.23. The summed E-state index contributed by atoms with van der Waals surface area (Å²) in [5, 5.41) is 7.16. The van der Waals surface area contributed by atoms with E-state index in [1.165, 1.54) is 17.6 Å². The van der Waals surface area contributed by atoms with Gasteiger partial charge < -0.3 is 4.57 Å². The number of nitrogens with one attached hydrogen (secondary N) is 1. The number of aromatic amines is 1. The number of nitrogens with zero attached hydrogens (tertiary/aromatic N) is 4. The minimum Gasteiger partial charge on any atom is -0.330 e. The summed E-state index contributed by atoms with van der Waals surface area (Å²) in [6, 6.07) is 10.4. The maximum atomic E-state index is 4.76. The molecule has 1 fully saturated rings. The van der Waals surface area contributed by atoms with Crippen LogP contribution in [0.3, 0.4) is 0 Å². The Morgan fingerprint density at radius 2 is 2.19 bits per heavy atom. The van der Waals surface area contributed by atoms with Gasteiger partial charge in [0.25, 0.3) is 0 Å². The Hall–Kier alpha value is -2.14. The number of aryl methyl sites for hydroxylation is 1. The number of hydrogen-bond donors (Lipinski definition) is 1. The van der Waals surface area contributed by atoms with Crippen molar-refractivity contribution in [3.63, 3.8) is 0 Å². The molecule has 1 saturated heterocycles. The molecular weight excluding hydrogens is 262 g/mol. The first kappa shape index (κ1) is 12.6. The van der Waals surface area contributed by atoms with Crippen molar-refractivity contribution >= 4 is 11.0 Å². The molecule has 0 amide bonds. The normalized spacial score (nSPS) is 19.6. The Kier molecular flexibility index (Phi) is 3.00. The SMILES string of the molecule is Cn1c(CN2CC[C@@H](c3ccn[nH]3)C2)nc2ccccc21. The summed E-state index contributed by atoms with van der Waals surface area (Å²) in [6.45, 7) is 3.11. The molecule has 0 spiro atoms. The van der Waals surface area contributed by atoms with Gasteiger partial charge in [-0.25, -0.2) is 4.98 Å². The van der Waals surface area contributed by atoms with Crippen molar-refractivity contribution < 1.29 is 0 Å². The molecule has 0 aliphatic carbocycles. The first-order chi connectivity index (χ1) is 10.3. The van der Waals surface area contributed by atoms with E-state index in [-0.39, 0.29) is 0 Å². The van der Waals surface area contributed by atoms with Crippen molar-refractivity contribution in [1.29, 1.82) is 0 Å². The highest BCUT2D eigenvalue weighted by molar-refractivity contribution is 5.75. The zero-order valence-corrected chi connectivity index (χ0v) is 12.2. The van der Waals surface area contributed by atoms with Crippen LogP contribution in [0, 0.1) is 0 Å². The number of imidazole rings is 1. The Bertz CT molecular complexity index is 743. The lowest BCUT2D eigenvalue weighted by atomic mass is 10.1. The van der Waals surface area contributed by atoms with E-state index in [0.29, 0.717) is 5.92 Å². The van der Waals surface area contributed by atoms with E-state index >= 15 is 0 Å². The second kappa shape index (κ2) is 5.00. The van der Waals surface area contributed by atoms with E-state index in [1.807, 2.05) is 12.3 Å². The summed E-state index contributed by atoms with van der Waals surface area (Å²) in [7, 11) is 2.10. The number of benzene rings is 1. The number of fused-ring (bicyclic) bond motifs is 1. The van der Waals surface area contributed by atoms with Gasteiger partial charge in [-0.1, -0.05) is 12.1 Å². The van der Waals surface area contributed by atoms with Crippen LogP contribution in [0.5, 0.6) is 0 Å². The Labute approximate surface area is 123 Å². The quantitative estimate of drug-likeness (QED) is 0.801. The van der Waals surface area contributed by atoms with Gasteiger partial charge in [-0.05, 0) is 31.2 Å². The van der Waals surface area contributed by atoms with E-state index < -0.39 is 0 Å². The van der Waals surface area contributed by atoms with E-state index in [4.69, 9.17) is 4.98 Å². The summed E-state index contributed by atoms with van der Waals surface area (Å²) in [4.78, 5) is 7.24. The standard InChI is InChI=1S/C16H19N5/c1-20-15-5-3-2-4-14(15)18-16(20)11-21-9-7-12(10-21)13-6-8-17-19-13/h2-6,8,12H,7,9-11H2,1H3,(H,17,19)/t12-/m1/s1. The molecule has 5 nitrogen and oxygen atoms in total. The average Bonchev–Trinajstić information content (AvgIpc) is 3.21. The predicted octanol–water partition coefficient (Wildman–Crippen LogP) is 2.29. The van der Waals surface area contributed by atoms with Gasteiger partial charge in [-0.15, -0.1) is 0 Å². The van der Waals surface area contributed by atoms with Crippen LogP contribution < -0.4 is 0 Å². The van der Waals surface area contributed by atoms with E-state index in [1.54, 1.807) is 0 Å². The van der Waals surface area contributed by atoms with Crippen LogP contribution in [0.1, 0.15) is 23.9 Å². The van der Waals surface area contributed by atoms with E-state index in [0.717, 1.165) is 31.0 Å². The molecular formula is C16H19N5. The molecule has 1 aliphatic heterocycles. The molecule has 1 aromatic carbocycles. The third-order valence-corrected chi connectivity index (χ3v) is 4.48. The fourth-order valence-corrected chi connectivity index (χ4v) is 3.26. The van der Waals surface area contributed by atoms with Gasteiger partial charge in [0.2, 0.25) is 0 Å². The highest BCUT2D eigenvalue weighted by atomic mass is 15.2. The van der Waals surface area contributed by atoms with Crippen LogP contribution in [0.4, 0.5) is 0 Å². The van der Waals surface area contributed by atoms with Crippen LogP contribution in [-0.4, -0.2) is 37.7 Å². The molecule has 108 valence electrons. The van der Waals surface area contributed by atoms with Crippen molar-refractivity contribution in [3.05, 3.63) is 48.0 Å². The number of para-hydroxylation sites is 2.